The summed E-state index contributed by atoms with van der Waals surface area (Å²) in [6.45, 7) is 10.0. The van der Waals surface area contributed by atoms with Crippen LogP contribution in [0.2, 0.25) is 0 Å². The van der Waals surface area contributed by atoms with Crippen LogP contribution in [0.15, 0.2) is 10.7 Å². The number of hydrazine groups is 1. The fourth-order valence-corrected chi connectivity index (χ4v) is 3.16. The second-order valence-electron chi connectivity index (χ2n) is 5.36. The Kier molecular flexibility index (Phi) is 5.57. The fraction of sp³-hybridized carbons (Fsp3) is 0.769. The largest absolute Gasteiger partial charge is 0.373 e. The van der Waals surface area contributed by atoms with Crippen molar-refractivity contribution in [2.75, 3.05) is 26.2 Å². The van der Waals surface area contributed by atoms with E-state index >= 15 is 0 Å². The molecule has 1 fully saturated rings. The van der Waals surface area contributed by atoms with E-state index in [1.165, 1.54) is 0 Å². The molecule has 0 spiro atoms. The Morgan fingerprint density at radius 3 is 2.95 bits per heavy atom. The smallest absolute Gasteiger partial charge is 0.0925 e. The molecule has 1 aromatic heterocycles. The lowest BCUT2D eigenvalue weighted by Crippen LogP contribution is -2.50. The van der Waals surface area contributed by atoms with Gasteiger partial charge in [0, 0.05) is 19.1 Å². The molecule has 0 saturated carbocycles. The molecule has 0 amide bonds. The van der Waals surface area contributed by atoms with Crippen molar-refractivity contribution < 1.29 is 4.74 Å². The van der Waals surface area contributed by atoms with Gasteiger partial charge in [-0.1, -0.05) is 6.92 Å². The minimum Gasteiger partial charge on any atom is -0.373 e. The van der Waals surface area contributed by atoms with E-state index in [0.717, 1.165) is 36.4 Å². The van der Waals surface area contributed by atoms with Crippen LogP contribution in [-0.2, 0) is 4.74 Å². The van der Waals surface area contributed by atoms with Gasteiger partial charge in [-0.15, -0.1) is 0 Å². The van der Waals surface area contributed by atoms with E-state index < -0.39 is 0 Å². The van der Waals surface area contributed by atoms with E-state index in [1.54, 1.807) is 0 Å². The molecule has 2 unspecified atom stereocenters. The standard InChI is InChI=1S/C13H24BrN5O/c1-4-18-5-6-20-11(8-18)12(17-15)13-10(14)7-16-19(13)9(2)3/h7,9,11-12,17H,4-6,8,15H2,1-3H3. The molecule has 6 nitrogen and oxygen atoms in total. The van der Waals surface area contributed by atoms with Gasteiger partial charge in [0.05, 0.1) is 35.1 Å². The van der Waals surface area contributed by atoms with E-state index in [9.17, 15) is 0 Å². The minimum atomic E-state index is -0.0800. The number of likely N-dealkylation sites (N-methyl/N-ethyl adjacent to an activating group) is 1. The highest BCUT2D eigenvalue weighted by molar-refractivity contribution is 9.10. The van der Waals surface area contributed by atoms with Gasteiger partial charge in [-0.2, -0.15) is 5.10 Å². The van der Waals surface area contributed by atoms with Crippen LogP contribution in [-0.4, -0.2) is 47.0 Å². The van der Waals surface area contributed by atoms with Crippen LogP contribution in [0.25, 0.3) is 0 Å². The van der Waals surface area contributed by atoms with Gasteiger partial charge < -0.3 is 4.74 Å². The minimum absolute atomic E-state index is 0.0270. The summed E-state index contributed by atoms with van der Waals surface area (Å²) in [5.74, 6) is 5.81. The zero-order valence-electron chi connectivity index (χ0n) is 12.3. The Balaban J connectivity index is 2.25. The van der Waals surface area contributed by atoms with Crippen LogP contribution in [0.1, 0.15) is 38.5 Å². The number of aromatic nitrogens is 2. The number of nitrogens with zero attached hydrogens (tertiary/aromatic N) is 3. The highest BCUT2D eigenvalue weighted by Gasteiger charge is 2.32. The first-order chi connectivity index (χ1) is 9.58. The number of nitrogens with one attached hydrogen (secondary N) is 1. The molecule has 20 heavy (non-hydrogen) atoms. The Labute approximate surface area is 128 Å². The molecule has 0 bridgehead atoms. The molecule has 2 heterocycles. The lowest BCUT2D eigenvalue weighted by Gasteiger charge is -2.36. The summed E-state index contributed by atoms with van der Waals surface area (Å²) in [6.07, 6.45) is 1.85. The lowest BCUT2D eigenvalue weighted by molar-refractivity contribution is -0.0472. The molecular formula is C13H24BrN5O. The van der Waals surface area contributed by atoms with Gasteiger partial charge in [-0.3, -0.25) is 15.4 Å². The molecule has 114 valence electrons. The van der Waals surface area contributed by atoms with E-state index in [1.807, 2.05) is 10.9 Å². The lowest BCUT2D eigenvalue weighted by atomic mass is 10.1. The number of ether oxygens (including phenoxy) is 1. The number of hydrogen-bond donors (Lipinski definition) is 2. The summed E-state index contributed by atoms with van der Waals surface area (Å²) >= 11 is 3.58. The Bertz CT molecular complexity index is 436. The summed E-state index contributed by atoms with van der Waals surface area (Å²) in [4.78, 5) is 2.38. The van der Waals surface area contributed by atoms with Crippen LogP contribution < -0.4 is 11.3 Å². The third-order valence-electron chi connectivity index (χ3n) is 3.75. The third kappa shape index (κ3) is 3.23. The first kappa shape index (κ1) is 15.9. The van der Waals surface area contributed by atoms with E-state index in [2.05, 4.69) is 52.1 Å². The first-order valence-electron chi connectivity index (χ1n) is 7.11. The first-order valence-corrected chi connectivity index (χ1v) is 7.90. The van der Waals surface area contributed by atoms with Crippen molar-refractivity contribution in [3.05, 3.63) is 16.4 Å². The Morgan fingerprint density at radius 1 is 1.60 bits per heavy atom. The average molecular weight is 346 g/mol. The van der Waals surface area contributed by atoms with Crippen LogP contribution in [0, 0.1) is 0 Å². The molecule has 1 aromatic rings. The molecule has 2 rings (SSSR count). The Morgan fingerprint density at radius 2 is 2.35 bits per heavy atom. The monoisotopic (exact) mass is 345 g/mol. The summed E-state index contributed by atoms with van der Waals surface area (Å²) in [7, 11) is 0. The van der Waals surface area contributed by atoms with E-state index in [-0.39, 0.29) is 18.2 Å². The summed E-state index contributed by atoms with van der Waals surface area (Å²) in [5.41, 5.74) is 3.96. The molecule has 0 aliphatic carbocycles. The highest BCUT2D eigenvalue weighted by Crippen LogP contribution is 2.30. The average Bonchev–Trinajstić information content (AvgIpc) is 2.82. The van der Waals surface area contributed by atoms with Gasteiger partial charge in [0.25, 0.3) is 0 Å². The fourth-order valence-electron chi connectivity index (χ4n) is 2.64. The van der Waals surface area contributed by atoms with Gasteiger partial charge in [0.2, 0.25) is 0 Å². The third-order valence-corrected chi connectivity index (χ3v) is 4.36. The maximum Gasteiger partial charge on any atom is 0.0925 e. The predicted octanol–water partition coefficient (Wildman–Crippen LogP) is 1.45. The zero-order chi connectivity index (χ0) is 14.7. The Hall–Kier alpha value is -0.470. The van der Waals surface area contributed by atoms with Crippen molar-refractivity contribution in [1.82, 2.24) is 20.1 Å². The van der Waals surface area contributed by atoms with E-state index in [0.29, 0.717) is 0 Å². The highest BCUT2D eigenvalue weighted by atomic mass is 79.9. The quantitative estimate of drug-likeness (QED) is 0.624. The number of hydrogen-bond acceptors (Lipinski definition) is 5. The maximum absolute atomic E-state index is 5.93. The van der Waals surface area contributed by atoms with Crippen molar-refractivity contribution >= 4 is 15.9 Å². The molecule has 1 saturated heterocycles. The summed E-state index contributed by atoms with van der Waals surface area (Å²) < 4.78 is 8.88. The van der Waals surface area contributed by atoms with Gasteiger partial charge in [0.15, 0.2) is 0 Å². The molecular weight excluding hydrogens is 322 g/mol. The molecule has 1 aliphatic heterocycles. The van der Waals surface area contributed by atoms with Crippen molar-refractivity contribution in [2.24, 2.45) is 5.84 Å². The van der Waals surface area contributed by atoms with Gasteiger partial charge >= 0.3 is 0 Å². The van der Waals surface area contributed by atoms with Gasteiger partial charge in [-0.25, -0.2) is 5.43 Å². The number of halogens is 1. The van der Waals surface area contributed by atoms with Gasteiger partial charge in [-0.05, 0) is 36.3 Å². The second-order valence-corrected chi connectivity index (χ2v) is 6.22. The van der Waals surface area contributed by atoms with Crippen molar-refractivity contribution in [1.29, 1.82) is 0 Å². The van der Waals surface area contributed by atoms with Crippen LogP contribution >= 0.6 is 15.9 Å². The summed E-state index contributed by atoms with van der Waals surface area (Å²) in [6, 6.07) is 0.196. The maximum atomic E-state index is 5.93. The number of rotatable bonds is 5. The van der Waals surface area contributed by atoms with Gasteiger partial charge in [0.1, 0.15) is 0 Å². The second kappa shape index (κ2) is 7.00. The molecule has 3 N–H and O–H groups in total. The van der Waals surface area contributed by atoms with Crippen molar-refractivity contribution in [2.45, 2.75) is 39.0 Å². The molecule has 0 aromatic carbocycles. The van der Waals surface area contributed by atoms with E-state index in [4.69, 9.17) is 10.6 Å². The SMILES string of the molecule is CCN1CCOC(C(NN)c2c(Br)cnn2C(C)C)C1. The molecule has 0 radical (unpaired) electrons. The number of nitrogens with two attached hydrogens (primary N) is 1. The molecule has 1 aliphatic rings. The van der Waals surface area contributed by atoms with Crippen molar-refractivity contribution in [3.8, 4) is 0 Å². The van der Waals surface area contributed by atoms with Crippen LogP contribution in [0.3, 0.4) is 0 Å². The van der Waals surface area contributed by atoms with Crippen LogP contribution in [0.5, 0.6) is 0 Å². The number of morpholine rings is 1. The van der Waals surface area contributed by atoms with Crippen molar-refractivity contribution in [3.63, 3.8) is 0 Å². The summed E-state index contributed by atoms with van der Waals surface area (Å²) in [5, 5.41) is 4.42. The predicted molar refractivity (Wildman–Crippen MR) is 82.2 cm³/mol. The normalized spacial score (nSPS) is 22.4. The zero-order valence-corrected chi connectivity index (χ0v) is 13.9. The topological polar surface area (TPSA) is 68.3 Å². The molecule has 7 heteroatoms. The molecule has 2 atom stereocenters. The van der Waals surface area contributed by atoms with Crippen LogP contribution in [0.4, 0.5) is 0 Å².